The molecule has 1 saturated heterocycles. The van der Waals surface area contributed by atoms with E-state index in [0.717, 1.165) is 17.5 Å². The van der Waals surface area contributed by atoms with E-state index in [1.54, 1.807) is 24.3 Å². The summed E-state index contributed by atoms with van der Waals surface area (Å²) in [5.74, 6) is -0.621. The number of amides is 2. The molecule has 2 aromatic rings. The highest BCUT2D eigenvalue weighted by Gasteiger charge is 2.24. The number of carbonyl (C=O) groups is 2. The van der Waals surface area contributed by atoms with Gasteiger partial charge < -0.3 is 10.6 Å². The molecule has 3 rings (SSSR count). The molecule has 0 aliphatic carbocycles. The minimum Gasteiger partial charge on any atom is -0.354 e. The van der Waals surface area contributed by atoms with Crippen molar-refractivity contribution in [2.45, 2.75) is 25.3 Å². The number of carbonyl (C=O) groups excluding carboxylic acids is 2. The summed E-state index contributed by atoms with van der Waals surface area (Å²) in [4.78, 5) is 36.6. The van der Waals surface area contributed by atoms with Gasteiger partial charge in [0.2, 0.25) is 5.91 Å². The Hall–Kier alpha value is -2.70. The summed E-state index contributed by atoms with van der Waals surface area (Å²) in [6.07, 6.45) is 2.37. The van der Waals surface area contributed by atoms with Crippen molar-refractivity contribution in [3.05, 3.63) is 40.3 Å². The molecule has 2 heterocycles. The number of fused-ring (bicyclic) bond motifs is 1. The lowest BCUT2D eigenvalue weighted by Gasteiger charge is -2.15. The minimum absolute atomic E-state index is 0.153. The molecule has 1 unspecified atom stereocenters. The topological polar surface area (TPSA) is 93.1 Å². The summed E-state index contributed by atoms with van der Waals surface area (Å²) in [5.41, 5.74) is -0.107. The van der Waals surface area contributed by atoms with Gasteiger partial charge in [0.25, 0.3) is 11.5 Å². The molecule has 0 bridgehead atoms. The van der Waals surface area contributed by atoms with Crippen LogP contribution in [0.5, 0.6) is 0 Å². The van der Waals surface area contributed by atoms with Crippen molar-refractivity contribution in [3.8, 4) is 0 Å². The molecule has 1 atom stereocenters. The largest absolute Gasteiger partial charge is 0.354 e. The summed E-state index contributed by atoms with van der Waals surface area (Å²) in [6, 6.07) is 6.27. The van der Waals surface area contributed by atoms with Gasteiger partial charge in [0.1, 0.15) is 6.04 Å². The second kappa shape index (κ2) is 6.20. The Morgan fingerprint density at radius 2 is 2.00 bits per heavy atom. The number of nitrogens with one attached hydrogen (secondary N) is 2. The van der Waals surface area contributed by atoms with Crippen LogP contribution in [0.4, 0.5) is 0 Å². The Bertz CT molecular complexity index is 828. The molecule has 0 radical (unpaired) electrons. The third-order valence-electron chi connectivity index (χ3n) is 4.01. The molecule has 7 heteroatoms. The number of nitrogens with zero attached hydrogens (tertiary/aromatic N) is 2. The van der Waals surface area contributed by atoms with E-state index in [1.807, 2.05) is 0 Å². The van der Waals surface area contributed by atoms with Crippen LogP contribution in [0.25, 0.3) is 10.8 Å². The molecule has 1 aliphatic rings. The van der Waals surface area contributed by atoms with Crippen molar-refractivity contribution in [3.63, 3.8) is 0 Å². The van der Waals surface area contributed by atoms with E-state index in [9.17, 15) is 14.4 Å². The van der Waals surface area contributed by atoms with Gasteiger partial charge in [0.15, 0.2) is 5.69 Å². The number of aromatic nitrogens is 2. The number of benzene rings is 1. The summed E-state index contributed by atoms with van der Waals surface area (Å²) in [5, 5.41) is 10.5. The maximum absolute atomic E-state index is 12.6. The minimum atomic E-state index is -0.567. The normalized spacial score (nSPS) is 18.3. The van der Waals surface area contributed by atoms with Gasteiger partial charge in [0, 0.05) is 19.0 Å². The van der Waals surface area contributed by atoms with Gasteiger partial charge in [-0.05, 0) is 25.3 Å². The number of hydrogen-bond acceptors (Lipinski definition) is 4. The van der Waals surface area contributed by atoms with Crippen LogP contribution in [0.3, 0.4) is 0 Å². The molecular weight excluding hydrogens is 296 g/mol. The van der Waals surface area contributed by atoms with Gasteiger partial charge in [0.05, 0.1) is 5.39 Å². The second-order valence-electron chi connectivity index (χ2n) is 5.64. The van der Waals surface area contributed by atoms with E-state index in [4.69, 9.17) is 0 Å². The van der Waals surface area contributed by atoms with Crippen LogP contribution in [-0.4, -0.2) is 34.2 Å². The van der Waals surface area contributed by atoms with E-state index < -0.39 is 11.9 Å². The zero-order chi connectivity index (χ0) is 16.4. The molecule has 2 amide bonds. The first kappa shape index (κ1) is 15.2. The lowest BCUT2D eigenvalue weighted by molar-refractivity contribution is -0.122. The van der Waals surface area contributed by atoms with Crippen molar-refractivity contribution >= 4 is 22.6 Å². The predicted molar refractivity (Wildman–Crippen MR) is 85.1 cm³/mol. The average molecular weight is 314 g/mol. The fourth-order valence-electron chi connectivity index (χ4n) is 2.77. The molecule has 7 nitrogen and oxygen atoms in total. The predicted octanol–water partition coefficient (Wildman–Crippen LogP) is 0.332. The fourth-order valence-corrected chi connectivity index (χ4v) is 2.77. The second-order valence-corrected chi connectivity index (χ2v) is 5.64. The maximum atomic E-state index is 12.6. The van der Waals surface area contributed by atoms with Gasteiger partial charge in [-0.25, -0.2) is 4.68 Å². The van der Waals surface area contributed by atoms with Crippen LogP contribution in [0.1, 0.15) is 29.8 Å². The number of hydrogen-bond donors (Lipinski definition) is 2. The van der Waals surface area contributed by atoms with Crippen LogP contribution in [0, 0.1) is 0 Å². The molecule has 2 N–H and O–H groups in total. The lowest BCUT2D eigenvalue weighted by atomic mass is 10.1. The summed E-state index contributed by atoms with van der Waals surface area (Å²) < 4.78 is 1.14. The Labute approximate surface area is 132 Å². The fraction of sp³-hybridized carbons (Fsp3) is 0.375. The van der Waals surface area contributed by atoms with Crippen LogP contribution in [0.15, 0.2) is 29.1 Å². The van der Waals surface area contributed by atoms with E-state index >= 15 is 0 Å². The van der Waals surface area contributed by atoms with Crippen molar-refractivity contribution in [2.75, 3.05) is 6.54 Å². The van der Waals surface area contributed by atoms with Crippen LogP contribution >= 0.6 is 0 Å². The average Bonchev–Trinajstić information content (AvgIpc) is 2.75. The van der Waals surface area contributed by atoms with E-state index in [-0.39, 0.29) is 17.2 Å². The highest BCUT2D eigenvalue weighted by atomic mass is 16.2. The molecule has 1 aromatic heterocycles. The van der Waals surface area contributed by atoms with Gasteiger partial charge in [-0.2, -0.15) is 5.10 Å². The smallest absolute Gasteiger partial charge is 0.274 e. The first-order valence-electron chi connectivity index (χ1n) is 7.62. The van der Waals surface area contributed by atoms with Crippen LogP contribution in [-0.2, 0) is 11.8 Å². The highest BCUT2D eigenvalue weighted by Crippen LogP contribution is 2.14. The Balaban J connectivity index is 1.96. The Kier molecular flexibility index (Phi) is 4.10. The number of rotatable bonds is 2. The first-order chi connectivity index (χ1) is 11.1. The van der Waals surface area contributed by atoms with Gasteiger partial charge in [-0.1, -0.05) is 18.2 Å². The Morgan fingerprint density at radius 1 is 1.26 bits per heavy atom. The molecular formula is C16H18N4O3. The summed E-state index contributed by atoms with van der Waals surface area (Å²) >= 11 is 0. The molecule has 0 saturated carbocycles. The zero-order valence-corrected chi connectivity index (χ0v) is 12.8. The van der Waals surface area contributed by atoms with E-state index in [0.29, 0.717) is 23.7 Å². The third-order valence-corrected chi connectivity index (χ3v) is 4.01. The van der Waals surface area contributed by atoms with E-state index in [1.165, 1.54) is 7.05 Å². The van der Waals surface area contributed by atoms with E-state index in [2.05, 4.69) is 15.7 Å². The standard InChI is InChI=1S/C16H18N4O3/c1-20-16(23)11-7-3-2-6-10(11)13(19-20)15(22)18-12-8-4-5-9-17-14(12)21/h2-3,6-7,12H,4-5,8-9H2,1H3,(H,17,21)(H,18,22). The molecule has 1 aliphatic heterocycles. The monoisotopic (exact) mass is 314 g/mol. The van der Waals surface area contributed by atoms with Crippen LogP contribution < -0.4 is 16.2 Å². The lowest BCUT2D eigenvalue weighted by Crippen LogP contribution is -2.46. The maximum Gasteiger partial charge on any atom is 0.274 e. The summed E-state index contributed by atoms with van der Waals surface area (Å²) in [6.45, 7) is 0.631. The molecule has 1 fully saturated rings. The van der Waals surface area contributed by atoms with Gasteiger partial charge in [-0.15, -0.1) is 0 Å². The van der Waals surface area contributed by atoms with Crippen LogP contribution in [0.2, 0.25) is 0 Å². The van der Waals surface area contributed by atoms with Crippen molar-refractivity contribution in [2.24, 2.45) is 7.05 Å². The quantitative estimate of drug-likeness (QED) is 0.835. The van der Waals surface area contributed by atoms with Gasteiger partial charge in [-0.3, -0.25) is 14.4 Å². The summed E-state index contributed by atoms with van der Waals surface area (Å²) in [7, 11) is 1.50. The SMILES string of the molecule is Cn1nc(C(=O)NC2CCCCNC2=O)c2ccccc2c1=O. The zero-order valence-electron chi connectivity index (χ0n) is 12.8. The molecule has 120 valence electrons. The Morgan fingerprint density at radius 3 is 2.78 bits per heavy atom. The van der Waals surface area contributed by atoms with Crippen molar-refractivity contribution in [1.82, 2.24) is 20.4 Å². The molecule has 1 aromatic carbocycles. The van der Waals surface area contributed by atoms with Crippen molar-refractivity contribution < 1.29 is 9.59 Å². The highest BCUT2D eigenvalue weighted by molar-refractivity contribution is 6.06. The molecule has 23 heavy (non-hydrogen) atoms. The third kappa shape index (κ3) is 2.94. The van der Waals surface area contributed by atoms with Gasteiger partial charge >= 0.3 is 0 Å². The first-order valence-corrected chi connectivity index (χ1v) is 7.62. The molecule has 0 spiro atoms. The number of aryl methyl sites for hydroxylation is 1. The van der Waals surface area contributed by atoms with Crippen molar-refractivity contribution in [1.29, 1.82) is 0 Å².